The lowest BCUT2D eigenvalue weighted by Crippen LogP contribution is -2.37. The highest BCUT2D eigenvalue weighted by molar-refractivity contribution is 4.71. The third-order valence-electron chi connectivity index (χ3n) is 4.89. The molecule has 2 nitrogen and oxygen atoms in total. The molecular formula is C22H46O2. The lowest BCUT2D eigenvalue weighted by Gasteiger charge is -2.34. The van der Waals surface area contributed by atoms with Crippen LogP contribution in [0.1, 0.15) is 124 Å². The summed E-state index contributed by atoms with van der Waals surface area (Å²) in [6.45, 7) is 8.78. The molecule has 0 fully saturated rings. The van der Waals surface area contributed by atoms with Crippen LogP contribution in [-0.2, 0) is 9.47 Å². The minimum atomic E-state index is -0.344. The van der Waals surface area contributed by atoms with Crippen molar-refractivity contribution >= 4 is 0 Å². The zero-order valence-corrected chi connectivity index (χ0v) is 17.5. The molecule has 0 amide bonds. The first-order valence-electron chi connectivity index (χ1n) is 10.8. The molecule has 0 aromatic rings. The van der Waals surface area contributed by atoms with Crippen LogP contribution in [0.4, 0.5) is 0 Å². The Kier molecular flexibility index (Phi) is 16.3. The molecule has 0 N–H and O–H groups in total. The molecule has 146 valence electrons. The highest BCUT2D eigenvalue weighted by Crippen LogP contribution is 2.29. The maximum atomic E-state index is 6.22. The Morgan fingerprint density at radius 2 is 1.00 bits per heavy atom. The minimum Gasteiger partial charge on any atom is -0.353 e. The van der Waals surface area contributed by atoms with E-state index in [0.29, 0.717) is 0 Å². The van der Waals surface area contributed by atoms with Gasteiger partial charge in [0.25, 0.3) is 0 Å². The molecule has 0 aromatic heterocycles. The second-order valence-electron chi connectivity index (χ2n) is 7.67. The highest BCUT2D eigenvalue weighted by Gasteiger charge is 2.30. The summed E-state index contributed by atoms with van der Waals surface area (Å²) in [5, 5.41) is 0. The Labute approximate surface area is 153 Å². The quantitative estimate of drug-likeness (QED) is 0.188. The van der Waals surface area contributed by atoms with Gasteiger partial charge in [0.05, 0.1) is 6.10 Å². The van der Waals surface area contributed by atoms with E-state index in [1.165, 1.54) is 83.5 Å². The number of rotatable bonds is 18. The van der Waals surface area contributed by atoms with Gasteiger partial charge in [-0.2, -0.15) is 0 Å². The monoisotopic (exact) mass is 342 g/mol. The van der Waals surface area contributed by atoms with Crippen LogP contribution in [0.15, 0.2) is 0 Å². The lowest BCUT2D eigenvalue weighted by atomic mass is 9.98. The van der Waals surface area contributed by atoms with E-state index in [0.717, 1.165) is 12.8 Å². The van der Waals surface area contributed by atoms with Crippen molar-refractivity contribution in [3.8, 4) is 0 Å². The van der Waals surface area contributed by atoms with Gasteiger partial charge in [0.2, 0.25) is 0 Å². The maximum Gasteiger partial charge on any atom is 0.168 e. The number of hydrogen-bond donors (Lipinski definition) is 0. The second-order valence-corrected chi connectivity index (χ2v) is 7.67. The highest BCUT2D eigenvalue weighted by atomic mass is 16.7. The summed E-state index contributed by atoms with van der Waals surface area (Å²) in [4.78, 5) is 0. The van der Waals surface area contributed by atoms with E-state index in [2.05, 4.69) is 27.7 Å². The van der Waals surface area contributed by atoms with Gasteiger partial charge in [-0.3, -0.25) is 0 Å². The van der Waals surface area contributed by atoms with E-state index in [1.807, 2.05) is 7.11 Å². The summed E-state index contributed by atoms with van der Waals surface area (Å²) >= 11 is 0. The van der Waals surface area contributed by atoms with E-state index < -0.39 is 0 Å². The zero-order valence-electron chi connectivity index (χ0n) is 17.5. The van der Waals surface area contributed by atoms with Crippen LogP contribution in [0, 0.1) is 0 Å². The summed E-state index contributed by atoms with van der Waals surface area (Å²) in [5.74, 6) is -0.344. The van der Waals surface area contributed by atoms with Gasteiger partial charge in [-0.05, 0) is 26.7 Å². The molecule has 1 atom stereocenters. The van der Waals surface area contributed by atoms with E-state index in [1.54, 1.807) is 0 Å². The first kappa shape index (κ1) is 23.9. The molecule has 0 spiro atoms. The summed E-state index contributed by atoms with van der Waals surface area (Å²) in [5.41, 5.74) is 0. The van der Waals surface area contributed by atoms with Gasteiger partial charge in [0.1, 0.15) is 0 Å². The normalized spacial score (nSPS) is 14.2. The van der Waals surface area contributed by atoms with Crippen LogP contribution in [-0.4, -0.2) is 19.0 Å². The van der Waals surface area contributed by atoms with E-state index in [9.17, 15) is 0 Å². The van der Waals surface area contributed by atoms with Crippen molar-refractivity contribution in [3.05, 3.63) is 0 Å². The number of unbranched alkanes of at least 4 members (excludes halogenated alkanes) is 11. The van der Waals surface area contributed by atoms with Crippen molar-refractivity contribution in [1.29, 1.82) is 0 Å². The first-order valence-corrected chi connectivity index (χ1v) is 10.8. The van der Waals surface area contributed by atoms with Crippen molar-refractivity contribution in [3.63, 3.8) is 0 Å². The van der Waals surface area contributed by atoms with Gasteiger partial charge < -0.3 is 9.47 Å². The first-order chi connectivity index (χ1) is 11.6. The summed E-state index contributed by atoms with van der Waals surface area (Å²) in [7, 11) is 1.83. The fraction of sp³-hybridized carbons (Fsp3) is 1.00. The molecular weight excluding hydrogens is 296 g/mol. The summed E-state index contributed by atoms with van der Waals surface area (Å²) < 4.78 is 12.1. The Hall–Kier alpha value is -0.0800. The topological polar surface area (TPSA) is 18.5 Å². The largest absolute Gasteiger partial charge is 0.353 e. The summed E-state index contributed by atoms with van der Waals surface area (Å²) in [6.07, 6.45) is 19.7. The molecule has 0 aliphatic rings. The Balaban J connectivity index is 3.98. The molecule has 0 saturated carbocycles. The van der Waals surface area contributed by atoms with Crippen LogP contribution in [0.25, 0.3) is 0 Å². The fourth-order valence-electron chi connectivity index (χ4n) is 3.45. The SMILES string of the molecule is CCCCCCCCCCCC(CCCCCC)(OC)OC(C)C. The maximum absolute atomic E-state index is 6.22. The minimum absolute atomic E-state index is 0.231. The van der Waals surface area contributed by atoms with Crippen LogP contribution >= 0.6 is 0 Å². The van der Waals surface area contributed by atoms with Gasteiger partial charge in [0.15, 0.2) is 5.79 Å². The van der Waals surface area contributed by atoms with Crippen molar-refractivity contribution in [2.45, 2.75) is 136 Å². The van der Waals surface area contributed by atoms with Crippen LogP contribution in [0.2, 0.25) is 0 Å². The molecule has 0 bridgehead atoms. The van der Waals surface area contributed by atoms with Crippen molar-refractivity contribution < 1.29 is 9.47 Å². The molecule has 1 unspecified atom stereocenters. The number of ether oxygens (including phenoxy) is 2. The molecule has 24 heavy (non-hydrogen) atoms. The van der Waals surface area contributed by atoms with Crippen LogP contribution in [0.3, 0.4) is 0 Å². The standard InChI is InChI=1S/C22H46O2/c1-6-8-10-12-13-14-15-16-18-20-22(23-5,24-21(3)4)19-17-11-9-7-2/h21H,6-20H2,1-5H3. The molecule has 0 rings (SSSR count). The molecule has 0 radical (unpaired) electrons. The Bertz CT molecular complexity index is 252. The molecule has 2 heteroatoms. The van der Waals surface area contributed by atoms with Crippen LogP contribution in [0.5, 0.6) is 0 Å². The predicted octanol–water partition coefficient (Wildman–Crippen LogP) is 7.65. The van der Waals surface area contributed by atoms with E-state index in [-0.39, 0.29) is 11.9 Å². The molecule has 0 aliphatic heterocycles. The molecule has 0 aliphatic carbocycles. The number of methoxy groups -OCH3 is 1. The fourth-order valence-corrected chi connectivity index (χ4v) is 3.45. The van der Waals surface area contributed by atoms with Gasteiger partial charge in [-0.25, -0.2) is 0 Å². The Morgan fingerprint density at radius 1 is 0.625 bits per heavy atom. The van der Waals surface area contributed by atoms with Gasteiger partial charge in [-0.15, -0.1) is 0 Å². The predicted molar refractivity (Wildman–Crippen MR) is 107 cm³/mol. The number of hydrogen-bond acceptors (Lipinski definition) is 2. The lowest BCUT2D eigenvalue weighted by molar-refractivity contribution is -0.249. The van der Waals surface area contributed by atoms with E-state index in [4.69, 9.17) is 9.47 Å². The third kappa shape index (κ3) is 13.2. The van der Waals surface area contributed by atoms with Gasteiger partial charge in [0, 0.05) is 20.0 Å². The third-order valence-corrected chi connectivity index (χ3v) is 4.89. The zero-order chi connectivity index (χ0) is 18.1. The smallest absolute Gasteiger partial charge is 0.168 e. The van der Waals surface area contributed by atoms with Gasteiger partial charge >= 0.3 is 0 Å². The summed E-state index contributed by atoms with van der Waals surface area (Å²) in [6, 6.07) is 0. The van der Waals surface area contributed by atoms with Crippen molar-refractivity contribution in [2.75, 3.05) is 7.11 Å². The van der Waals surface area contributed by atoms with Gasteiger partial charge in [-0.1, -0.05) is 84.5 Å². The van der Waals surface area contributed by atoms with Crippen molar-refractivity contribution in [1.82, 2.24) is 0 Å². The molecule has 0 saturated heterocycles. The Morgan fingerprint density at radius 3 is 1.38 bits per heavy atom. The second kappa shape index (κ2) is 16.4. The molecule has 0 heterocycles. The average molecular weight is 343 g/mol. The van der Waals surface area contributed by atoms with Crippen molar-refractivity contribution in [2.24, 2.45) is 0 Å². The van der Waals surface area contributed by atoms with Crippen LogP contribution < -0.4 is 0 Å². The average Bonchev–Trinajstić information content (AvgIpc) is 2.56. The van der Waals surface area contributed by atoms with E-state index >= 15 is 0 Å². The molecule has 0 aromatic carbocycles.